The molecule has 0 unspecified atom stereocenters. The summed E-state index contributed by atoms with van der Waals surface area (Å²) in [5.41, 5.74) is 10.8. The first-order valence-electron chi connectivity index (χ1n) is 10.6. The van der Waals surface area contributed by atoms with E-state index in [4.69, 9.17) is 20.0 Å². The summed E-state index contributed by atoms with van der Waals surface area (Å²) in [5.74, 6) is 0.0727. The fraction of sp³-hybridized carbons (Fsp3) is 0.417. The summed E-state index contributed by atoms with van der Waals surface area (Å²) >= 11 is 0. The number of amides is 1. The van der Waals surface area contributed by atoms with E-state index in [9.17, 15) is 4.79 Å². The van der Waals surface area contributed by atoms with Crippen molar-refractivity contribution in [1.82, 2.24) is 5.32 Å². The van der Waals surface area contributed by atoms with Crippen LogP contribution in [0.15, 0.2) is 48.5 Å². The van der Waals surface area contributed by atoms with Gasteiger partial charge in [-0.2, -0.15) is 0 Å². The van der Waals surface area contributed by atoms with E-state index in [1.165, 1.54) is 29.4 Å². The van der Waals surface area contributed by atoms with E-state index in [1.54, 1.807) is 0 Å². The normalized spacial score (nSPS) is 21.7. The number of carbonyl (C=O) groups is 2. The lowest BCUT2D eigenvalue weighted by Gasteiger charge is -2.33. The van der Waals surface area contributed by atoms with Gasteiger partial charge in [0.25, 0.3) is 6.47 Å². The molecule has 7 nitrogen and oxygen atoms in total. The molecule has 3 N–H and O–H groups in total. The molecule has 1 fully saturated rings. The second kappa shape index (κ2) is 10.9. The number of rotatable bonds is 5. The van der Waals surface area contributed by atoms with Crippen molar-refractivity contribution in [2.24, 2.45) is 5.73 Å². The van der Waals surface area contributed by atoms with E-state index >= 15 is 0 Å². The number of alkyl carbamates (subject to hydrolysis) is 1. The summed E-state index contributed by atoms with van der Waals surface area (Å²) in [6.45, 7) is 2.76. The van der Waals surface area contributed by atoms with Crippen LogP contribution in [0.3, 0.4) is 0 Å². The smallest absolute Gasteiger partial charge is 0.407 e. The molecule has 0 saturated carbocycles. The van der Waals surface area contributed by atoms with Crippen LogP contribution in [0.5, 0.6) is 0 Å². The van der Waals surface area contributed by atoms with Crippen LogP contribution in [-0.4, -0.2) is 44.7 Å². The molecule has 1 saturated heterocycles. The molecule has 31 heavy (non-hydrogen) atoms. The molecular formula is C24H30N2O5. The van der Waals surface area contributed by atoms with Gasteiger partial charge in [-0.3, -0.25) is 4.79 Å². The zero-order valence-electron chi connectivity index (χ0n) is 18.0. The van der Waals surface area contributed by atoms with Gasteiger partial charge >= 0.3 is 6.09 Å². The molecule has 0 bridgehead atoms. The van der Waals surface area contributed by atoms with Gasteiger partial charge in [0.1, 0.15) is 12.8 Å². The Kier molecular flexibility index (Phi) is 8.03. The average molecular weight is 427 g/mol. The Balaban J connectivity index is 0.000000628. The number of carbonyl (C=O) groups excluding carboxylic acids is 2. The molecule has 7 heteroatoms. The standard InChI is InChI=1S/C22H26N2O3.C2H4O2/c1-2-15-11-14(12-21(23)27-15)24-22(25)26-13-20-18-9-5-3-7-16(18)17-8-4-6-10-19(17)20;1-4-2-3/h3-10,14-15,20-21H,2,11-13,23H2,1H3,(H,24,25);2H,1H3/t14-,15+,21+;/m0./s1. The number of hydrogen-bond donors (Lipinski definition) is 2. The Morgan fingerprint density at radius 2 is 1.71 bits per heavy atom. The molecule has 1 heterocycles. The highest BCUT2D eigenvalue weighted by molar-refractivity contribution is 5.79. The topological polar surface area (TPSA) is 99.9 Å². The van der Waals surface area contributed by atoms with Gasteiger partial charge in [0, 0.05) is 18.4 Å². The maximum atomic E-state index is 12.4. The molecule has 2 aromatic carbocycles. The van der Waals surface area contributed by atoms with Crippen LogP contribution in [-0.2, 0) is 19.0 Å². The minimum atomic E-state index is -0.384. The molecule has 0 aromatic heterocycles. The maximum Gasteiger partial charge on any atom is 0.407 e. The Labute approximate surface area is 182 Å². The fourth-order valence-corrected chi connectivity index (χ4v) is 4.24. The highest BCUT2D eigenvalue weighted by Crippen LogP contribution is 2.44. The Morgan fingerprint density at radius 3 is 2.26 bits per heavy atom. The van der Waals surface area contributed by atoms with Crippen LogP contribution in [0, 0.1) is 0 Å². The molecule has 2 aliphatic rings. The van der Waals surface area contributed by atoms with E-state index in [0.29, 0.717) is 19.5 Å². The summed E-state index contributed by atoms with van der Waals surface area (Å²) < 4.78 is 15.1. The molecular weight excluding hydrogens is 396 g/mol. The van der Waals surface area contributed by atoms with Crippen molar-refractivity contribution < 1.29 is 23.8 Å². The lowest BCUT2D eigenvalue weighted by molar-refractivity contribution is -0.126. The number of ether oxygens (including phenoxy) is 3. The van der Waals surface area contributed by atoms with Crippen LogP contribution in [0.1, 0.15) is 43.2 Å². The van der Waals surface area contributed by atoms with Crippen LogP contribution in [0.2, 0.25) is 0 Å². The monoisotopic (exact) mass is 426 g/mol. The van der Waals surface area contributed by atoms with Crippen molar-refractivity contribution in [2.75, 3.05) is 13.7 Å². The average Bonchev–Trinajstić information content (AvgIpc) is 3.11. The van der Waals surface area contributed by atoms with Crippen molar-refractivity contribution in [3.05, 3.63) is 59.7 Å². The Bertz CT molecular complexity index is 842. The van der Waals surface area contributed by atoms with E-state index in [0.717, 1.165) is 12.8 Å². The van der Waals surface area contributed by atoms with Crippen LogP contribution in [0.4, 0.5) is 4.79 Å². The molecule has 0 spiro atoms. The molecule has 166 valence electrons. The lowest BCUT2D eigenvalue weighted by atomic mass is 9.98. The number of benzene rings is 2. The van der Waals surface area contributed by atoms with Crippen molar-refractivity contribution in [3.8, 4) is 11.1 Å². The molecule has 2 aromatic rings. The van der Waals surface area contributed by atoms with Gasteiger partial charge < -0.3 is 25.3 Å². The Hall–Kier alpha value is -2.90. The van der Waals surface area contributed by atoms with Crippen molar-refractivity contribution in [3.63, 3.8) is 0 Å². The van der Waals surface area contributed by atoms with Gasteiger partial charge in [0.15, 0.2) is 0 Å². The second-order valence-electron chi connectivity index (χ2n) is 7.67. The van der Waals surface area contributed by atoms with E-state index in [2.05, 4.69) is 41.2 Å². The highest BCUT2D eigenvalue weighted by Gasteiger charge is 2.31. The molecule has 3 atom stereocenters. The minimum Gasteiger partial charge on any atom is -0.471 e. The molecule has 1 aliphatic carbocycles. The number of fused-ring (bicyclic) bond motifs is 3. The van der Waals surface area contributed by atoms with Crippen LogP contribution >= 0.6 is 0 Å². The third-order valence-electron chi connectivity index (χ3n) is 5.65. The van der Waals surface area contributed by atoms with E-state index in [1.807, 2.05) is 24.3 Å². The lowest BCUT2D eigenvalue weighted by Crippen LogP contribution is -2.48. The van der Waals surface area contributed by atoms with Crippen molar-refractivity contribution in [1.29, 1.82) is 0 Å². The van der Waals surface area contributed by atoms with Crippen LogP contribution < -0.4 is 11.1 Å². The fourth-order valence-electron chi connectivity index (χ4n) is 4.24. The summed E-state index contributed by atoms with van der Waals surface area (Å²) in [6, 6.07) is 16.6. The number of nitrogens with two attached hydrogens (primary N) is 1. The number of methoxy groups -OCH3 is 1. The Morgan fingerprint density at radius 1 is 1.13 bits per heavy atom. The predicted molar refractivity (Wildman–Crippen MR) is 117 cm³/mol. The quantitative estimate of drug-likeness (QED) is 0.709. The first-order valence-corrected chi connectivity index (χ1v) is 10.6. The van der Waals surface area contributed by atoms with Gasteiger partial charge in [-0.1, -0.05) is 55.5 Å². The van der Waals surface area contributed by atoms with Gasteiger partial charge in [-0.05, 0) is 35.1 Å². The number of nitrogens with one attached hydrogen (secondary N) is 1. The van der Waals surface area contributed by atoms with E-state index in [-0.39, 0.29) is 30.4 Å². The van der Waals surface area contributed by atoms with Crippen molar-refractivity contribution >= 4 is 12.6 Å². The zero-order valence-corrected chi connectivity index (χ0v) is 18.0. The SMILES string of the molecule is CC[C@@H]1C[C@H](NC(=O)OCC2c3ccccc3-c3ccccc32)C[C@H](N)O1.COC=O. The summed E-state index contributed by atoms with van der Waals surface area (Å²) in [5, 5.41) is 2.96. The molecule has 1 amide bonds. The van der Waals surface area contributed by atoms with Gasteiger partial charge in [-0.25, -0.2) is 4.79 Å². The highest BCUT2D eigenvalue weighted by atomic mass is 16.5. The first kappa shape index (κ1) is 22.8. The third-order valence-corrected chi connectivity index (χ3v) is 5.65. The first-order chi connectivity index (χ1) is 15.1. The predicted octanol–water partition coefficient (Wildman–Crippen LogP) is 3.56. The summed E-state index contributed by atoms with van der Waals surface area (Å²) in [6.07, 6.45) is 1.65. The largest absolute Gasteiger partial charge is 0.471 e. The zero-order chi connectivity index (χ0) is 22.2. The summed E-state index contributed by atoms with van der Waals surface area (Å²) in [7, 11) is 1.31. The molecule has 4 rings (SSSR count). The van der Waals surface area contributed by atoms with Crippen LogP contribution in [0.25, 0.3) is 11.1 Å². The second-order valence-corrected chi connectivity index (χ2v) is 7.67. The maximum absolute atomic E-state index is 12.4. The summed E-state index contributed by atoms with van der Waals surface area (Å²) in [4.78, 5) is 21.3. The molecule has 1 aliphatic heterocycles. The van der Waals surface area contributed by atoms with Crippen molar-refractivity contribution in [2.45, 2.75) is 50.5 Å². The number of hydrogen-bond acceptors (Lipinski definition) is 6. The van der Waals surface area contributed by atoms with Gasteiger partial charge in [0.2, 0.25) is 0 Å². The minimum absolute atomic E-state index is 0.00523. The third kappa shape index (κ3) is 5.62. The molecule has 0 radical (unpaired) electrons. The van der Waals surface area contributed by atoms with Gasteiger partial charge in [0.05, 0.1) is 13.2 Å². The van der Waals surface area contributed by atoms with E-state index < -0.39 is 0 Å². The van der Waals surface area contributed by atoms with Gasteiger partial charge in [-0.15, -0.1) is 0 Å².